The summed E-state index contributed by atoms with van der Waals surface area (Å²) in [4.78, 5) is 0.714. The van der Waals surface area contributed by atoms with Crippen molar-refractivity contribution in [3.05, 3.63) is 64.1 Å². The monoisotopic (exact) mass is 405 g/mol. The van der Waals surface area contributed by atoms with Crippen LogP contribution in [0.2, 0.25) is 0 Å². The average molecular weight is 406 g/mol. The zero-order valence-corrected chi connectivity index (χ0v) is 15.8. The quantitative estimate of drug-likeness (QED) is 0.716. The molecule has 0 bridgehead atoms. The molecule has 1 N–H and O–H groups in total. The molecule has 2 aromatic carbocycles. The number of ether oxygens (including phenoxy) is 1. The lowest BCUT2D eigenvalue weighted by Gasteiger charge is -2.41. The molecule has 23 heavy (non-hydrogen) atoms. The highest BCUT2D eigenvalue weighted by Crippen LogP contribution is 2.44. The first kappa shape index (κ1) is 16.6. The minimum absolute atomic E-state index is 0.0778. The Bertz CT molecular complexity index is 750. The van der Waals surface area contributed by atoms with Crippen molar-refractivity contribution in [2.45, 2.75) is 25.0 Å². The van der Waals surface area contributed by atoms with Gasteiger partial charge in [-0.3, -0.25) is 0 Å². The number of fused-ring (bicyclic) bond motifs is 1. The maximum absolute atomic E-state index is 6.24. The summed E-state index contributed by atoms with van der Waals surface area (Å²) in [6, 6.07) is 16.2. The summed E-state index contributed by atoms with van der Waals surface area (Å²) in [5.41, 5.74) is 1.63. The number of hydrogen-bond acceptors (Lipinski definition) is 3. The van der Waals surface area contributed by atoms with Crippen LogP contribution in [0.5, 0.6) is 5.75 Å². The van der Waals surface area contributed by atoms with Gasteiger partial charge in [0.2, 0.25) is 0 Å². The molecule has 0 aromatic heterocycles. The first-order chi connectivity index (χ1) is 11.0. The second-order valence-electron chi connectivity index (χ2n) is 5.63. The first-order valence-corrected chi connectivity index (χ1v) is 8.98. The van der Waals surface area contributed by atoms with E-state index in [1.165, 1.54) is 0 Å². The van der Waals surface area contributed by atoms with Crippen LogP contribution in [0, 0.1) is 0 Å². The summed E-state index contributed by atoms with van der Waals surface area (Å²) in [7, 11) is 0. The van der Waals surface area contributed by atoms with Crippen molar-refractivity contribution in [1.29, 1.82) is 0 Å². The highest BCUT2D eigenvalue weighted by molar-refractivity contribution is 9.10. The van der Waals surface area contributed by atoms with Crippen LogP contribution < -0.4 is 10.1 Å². The van der Waals surface area contributed by atoms with Crippen LogP contribution in [-0.2, 0) is 5.54 Å². The van der Waals surface area contributed by atoms with E-state index in [2.05, 4.69) is 33.4 Å². The highest BCUT2D eigenvalue weighted by atomic mass is 79.9. The molecule has 0 radical (unpaired) electrons. The molecule has 0 amide bonds. The van der Waals surface area contributed by atoms with Crippen LogP contribution in [0.25, 0.3) is 0 Å². The van der Waals surface area contributed by atoms with Gasteiger partial charge in [-0.05, 0) is 30.7 Å². The Morgan fingerprint density at radius 3 is 2.70 bits per heavy atom. The fourth-order valence-corrected chi connectivity index (χ4v) is 3.80. The minimum Gasteiger partial charge on any atom is -0.485 e. The number of hydrogen-bond donors (Lipinski definition) is 1. The zero-order valence-electron chi connectivity index (χ0n) is 12.6. The lowest BCUT2D eigenvalue weighted by molar-refractivity contribution is 0.143. The normalized spacial score (nSPS) is 22.6. The topological polar surface area (TPSA) is 21.3 Å². The third-order valence-electron chi connectivity index (χ3n) is 3.97. The van der Waals surface area contributed by atoms with Crippen LogP contribution in [0.15, 0.2) is 53.0 Å². The maximum Gasteiger partial charge on any atom is 0.127 e. The molecule has 2 aromatic rings. The van der Waals surface area contributed by atoms with Gasteiger partial charge in [-0.1, -0.05) is 70.7 Å². The summed E-state index contributed by atoms with van der Waals surface area (Å²) in [6.45, 7) is 1.88. The molecule has 118 valence electrons. The Morgan fingerprint density at radius 1 is 1.30 bits per heavy atom. The number of thiocarbonyl (C=S) groups is 2. The van der Waals surface area contributed by atoms with Crippen molar-refractivity contribution >= 4 is 50.7 Å². The van der Waals surface area contributed by atoms with Crippen molar-refractivity contribution in [2.24, 2.45) is 0 Å². The Kier molecular flexibility index (Phi) is 4.80. The molecule has 2 atom stereocenters. The van der Waals surface area contributed by atoms with Gasteiger partial charge in [0.1, 0.15) is 11.9 Å². The van der Waals surface area contributed by atoms with Crippen LogP contribution in [-0.4, -0.2) is 10.4 Å². The molecule has 2 nitrogen and oxygen atoms in total. The molecule has 0 fully saturated rings. The summed E-state index contributed by atoms with van der Waals surface area (Å²) < 4.78 is 7.23. The molecule has 0 saturated heterocycles. The van der Waals surface area contributed by atoms with E-state index in [9.17, 15) is 0 Å². The summed E-state index contributed by atoms with van der Waals surface area (Å²) in [5.74, 6) is 0.832. The van der Waals surface area contributed by atoms with Gasteiger partial charge < -0.3 is 10.1 Å². The van der Waals surface area contributed by atoms with Gasteiger partial charge >= 0.3 is 0 Å². The zero-order chi connectivity index (χ0) is 16.4. The van der Waals surface area contributed by atoms with E-state index < -0.39 is 5.54 Å². The molecule has 0 saturated carbocycles. The average Bonchev–Trinajstić information content (AvgIpc) is 2.55. The highest BCUT2D eigenvalue weighted by Gasteiger charge is 2.41. The van der Waals surface area contributed by atoms with E-state index in [-0.39, 0.29) is 6.10 Å². The van der Waals surface area contributed by atoms with Gasteiger partial charge in [-0.15, -0.1) is 0 Å². The molecule has 3 rings (SSSR count). The van der Waals surface area contributed by atoms with Crippen molar-refractivity contribution in [3.63, 3.8) is 0 Å². The van der Waals surface area contributed by atoms with Crippen molar-refractivity contribution in [1.82, 2.24) is 5.32 Å². The molecule has 0 spiro atoms. The third-order valence-corrected chi connectivity index (χ3v) is 4.97. The van der Waals surface area contributed by atoms with Crippen molar-refractivity contribution < 1.29 is 4.74 Å². The largest absolute Gasteiger partial charge is 0.485 e. The van der Waals surface area contributed by atoms with E-state index >= 15 is 0 Å². The van der Waals surface area contributed by atoms with Crippen LogP contribution in [0.4, 0.5) is 0 Å². The molecule has 1 aliphatic heterocycles. The summed E-state index contributed by atoms with van der Waals surface area (Å²) >= 11 is 14.2. The van der Waals surface area contributed by atoms with Crippen molar-refractivity contribution in [3.8, 4) is 5.75 Å². The molecular formula is C18H16BrNOS2. The second-order valence-corrected chi connectivity index (χ2v) is 7.40. The molecular weight excluding hydrogens is 390 g/mol. The van der Waals surface area contributed by atoms with E-state index in [1.807, 2.05) is 43.3 Å². The number of benzene rings is 2. The van der Waals surface area contributed by atoms with E-state index in [0.29, 0.717) is 11.4 Å². The van der Waals surface area contributed by atoms with Crippen LogP contribution >= 0.6 is 40.4 Å². The lowest BCUT2D eigenvalue weighted by atomic mass is 9.81. The standard InChI is InChI=1S/C18H16BrNOS2/c1-12(23)20-18(11-22)10-17(13-5-3-2-4-6-13)21-16-8-7-14(19)9-15(16)18/h2-9,11,17H,10H2,1H3,(H,20,23). The predicted octanol–water partition coefficient (Wildman–Crippen LogP) is 5.10. The third kappa shape index (κ3) is 3.32. The Labute approximate surface area is 155 Å². The van der Waals surface area contributed by atoms with Crippen LogP contribution in [0.1, 0.15) is 30.6 Å². The van der Waals surface area contributed by atoms with Gasteiger partial charge in [-0.2, -0.15) is 0 Å². The Morgan fingerprint density at radius 2 is 2.04 bits per heavy atom. The number of halogens is 1. The van der Waals surface area contributed by atoms with Crippen molar-refractivity contribution in [2.75, 3.05) is 0 Å². The fourth-order valence-electron chi connectivity index (χ4n) is 2.98. The summed E-state index contributed by atoms with van der Waals surface area (Å²) in [5, 5.41) is 5.17. The molecule has 1 heterocycles. The van der Waals surface area contributed by atoms with Gasteiger partial charge in [0.15, 0.2) is 0 Å². The SMILES string of the molecule is CC(=S)NC1(C=S)CC(c2ccccc2)Oc2ccc(Br)cc21. The van der Waals surface area contributed by atoms with Crippen LogP contribution in [0.3, 0.4) is 0 Å². The fraction of sp³-hybridized carbons (Fsp3) is 0.222. The van der Waals surface area contributed by atoms with Gasteiger partial charge in [0.05, 0.1) is 10.5 Å². The molecule has 1 aliphatic rings. The van der Waals surface area contributed by atoms with E-state index in [4.69, 9.17) is 29.2 Å². The van der Waals surface area contributed by atoms with E-state index in [1.54, 1.807) is 5.37 Å². The van der Waals surface area contributed by atoms with Gasteiger partial charge in [-0.25, -0.2) is 0 Å². The Balaban J connectivity index is 2.11. The molecule has 5 heteroatoms. The predicted molar refractivity (Wildman–Crippen MR) is 105 cm³/mol. The van der Waals surface area contributed by atoms with Gasteiger partial charge in [0.25, 0.3) is 0 Å². The summed E-state index contributed by atoms with van der Waals surface area (Å²) in [6.07, 6.45) is 0.615. The first-order valence-electron chi connectivity index (χ1n) is 7.31. The molecule has 2 unspecified atom stereocenters. The number of nitrogens with one attached hydrogen (secondary N) is 1. The minimum atomic E-state index is -0.515. The van der Waals surface area contributed by atoms with Gasteiger partial charge in [0, 0.05) is 21.8 Å². The number of rotatable bonds is 3. The Hall–Kier alpha value is -1.30. The molecule has 0 aliphatic carbocycles. The smallest absolute Gasteiger partial charge is 0.127 e. The second kappa shape index (κ2) is 6.67. The lowest BCUT2D eigenvalue weighted by Crippen LogP contribution is -2.49. The maximum atomic E-state index is 6.24. The van der Waals surface area contributed by atoms with E-state index in [0.717, 1.165) is 21.3 Å².